The van der Waals surface area contributed by atoms with Gasteiger partial charge < -0.3 is 15.4 Å². The molecule has 0 amide bonds. The summed E-state index contributed by atoms with van der Waals surface area (Å²) in [7, 11) is 1.72. The smallest absolute Gasteiger partial charge is 0.134 e. The van der Waals surface area contributed by atoms with E-state index >= 15 is 0 Å². The van der Waals surface area contributed by atoms with Gasteiger partial charge in [-0.25, -0.2) is 0 Å². The van der Waals surface area contributed by atoms with Crippen LogP contribution in [0.1, 0.15) is 32.6 Å². The molecule has 0 aliphatic rings. The third-order valence-electron chi connectivity index (χ3n) is 2.47. The molecule has 1 atom stereocenters. The minimum absolute atomic E-state index is 0.177. The summed E-state index contributed by atoms with van der Waals surface area (Å²) in [4.78, 5) is 1.26. The van der Waals surface area contributed by atoms with Gasteiger partial charge in [0, 0.05) is 24.7 Å². The van der Waals surface area contributed by atoms with E-state index in [4.69, 9.17) is 4.74 Å². The van der Waals surface area contributed by atoms with E-state index in [1.807, 2.05) is 6.07 Å². The van der Waals surface area contributed by atoms with Gasteiger partial charge in [-0.05, 0) is 39.1 Å². The van der Waals surface area contributed by atoms with E-state index in [0.29, 0.717) is 6.04 Å². The van der Waals surface area contributed by atoms with Crippen molar-refractivity contribution in [2.24, 2.45) is 0 Å². The molecule has 3 nitrogen and oxygen atoms in total. The molecule has 1 aromatic heterocycles. The highest BCUT2D eigenvalue weighted by atomic mass is 32.1. The Morgan fingerprint density at radius 2 is 2.12 bits per heavy atom. The fraction of sp³-hybridized carbons (Fsp3) is 0.692. The number of thiophene rings is 1. The molecule has 0 fully saturated rings. The van der Waals surface area contributed by atoms with Crippen LogP contribution in [0.2, 0.25) is 0 Å². The molecular weight excluding hydrogens is 232 g/mol. The minimum Gasteiger partial charge on any atom is -0.496 e. The van der Waals surface area contributed by atoms with Crippen LogP contribution in [-0.4, -0.2) is 25.2 Å². The van der Waals surface area contributed by atoms with Gasteiger partial charge in [-0.2, -0.15) is 0 Å². The maximum atomic E-state index is 5.29. The molecule has 17 heavy (non-hydrogen) atoms. The molecule has 4 heteroatoms. The average Bonchev–Trinajstić information content (AvgIpc) is 2.69. The molecule has 0 aliphatic carbocycles. The predicted molar refractivity (Wildman–Crippen MR) is 74.9 cm³/mol. The second kappa shape index (κ2) is 6.38. The highest BCUT2D eigenvalue weighted by Crippen LogP contribution is 2.23. The standard InChI is InChI=1S/C13H24N2OS/c1-10(8-15-13(2,3)4)14-9-12-11(16-5)6-7-17-12/h6-7,10,14-15H,8-9H2,1-5H3. The SMILES string of the molecule is COc1ccsc1CNC(C)CNC(C)(C)C. The number of rotatable bonds is 6. The van der Waals surface area contributed by atoms with Crippen LogP contribution in [0.15, 0.2) is 11.4 Å². The van der Waals surface area contributed by atoms with Crippen molar-refractivity contribution in [3.8, 4) is 5.75 Å². The molecule has 1 aromatic rings. The van der Waals surface area contributed by atoms with Gasteiger partial charge in [0.05, 0.1) is 12.0 Å². The lowest BCUT2D eigenvalue weighted by atomic mass is 10.1. The van der Waals surface area contributed by atoms with E-state index in [1.54, 1.807) is 18.4 Å². The monoisotopic (exact) mass is 256 g/mol. The Kier molecular flexibility index (Phi) is 5.43. The number of hydrogen-bond acceptors (Lipinski definition) is 4. The predicted octanol–water partition coefficient (Wildman–Crippen LogP) is 2.62. The van der Waals surface area contributed by atoms with Gasteiger partial charge in [0.2, 0.25) is 0 Å². The van der Waals surface area contributed by atoms with Gasteiger partial charge in [0.25, 0.3) is 0 Å². The van der Waals surface area contributed by atoms with Gasteiger partial charge in [0.15, 0.2) is 0 Å². The fourth-order valence-corrected chi connectivity index (χ4v) is 2.23. The van der Waals surface area contributed by atoms with E-state index in [2.05, 4.69) is 43.7 Å². The average molecular weight is 256 g/mol. The Bertz CT molecular complexity index is 330. The van der Waals surface area contributed by atoms with Crippen molar-refractivity contribution >= 4 is 11.3 Å². The summed E-state index contributed by atoms with van der Waals surface area (Å²) in [6.07, 6.45) is 0. The first kappa shape index (κ1) is 14.5. The van der Waals surface area contributed by atoms with E-state index in [9.17, 15) is 0 Å². The fourth-order valence-electron chi connectivity index (χ4n) is 1.44. The zero-order valence-corrected chi connectivity index (χ0v) is 12.3. The summed E-state index contributed by atoms with van der Waals surface area (Å²) in [5.41, 5.74) is 0.177. The van der Waals surface area contributed by atoms with Crippen LogP contribution in [0.4, 0.5) is 0 Å². The minimum atomic E-state index is 0.177. The summed E-state index contributed by atoms with van der Waals surface area (Å²) in [6, 6.07) is 2.46. The van der Waals surface area contributed by atoms with Crippen LogP contribution in [0.3, 0.4) is 0 Å². The van der Waals surface area contributed by atoms with E-state index < -0.39 is 0 Å². The Balaban J connectivity index is 2.31. The zero-order valence-electron chi connectivity index (χ0n) is 11.5. The lowest BCUT2D eigenvalue weighted by Crippen LogP contribution is -2.44. The second-order valence-corrected chi connectivity index (χ2v) is 6.33. The van der Waals surface area contributed by atoms with Crippen molar-refractivity contribution in [2.75, 3.05) is 13.7 Å². The lowest BCUT2D eigenvalue weighted by molar-refractivity contribution is 0.383. The maximum Gasteiger partial charge on any atom is 0.134 e. The molecule has 0 aliphatic heterocycles. The summed E-state index contributed by atoms with van der Waals surface area (Å²) in [5, 5.41) is 9.05. The Morgan fingerprint density at radius 1 is 1.41 bits per heavy atom. The third kappa shape index (κ3) is 5.52. The van der Waals surface area contributed by atoms with Gasteiger partial charge in [0.1, 0.15) is 5.75 Å². The van der Waals surface area contributed by atoms with E-state index in [-0.39, 0.29) is 5.54 Å². The first-order chi connectivity index (χ1) is 7.92. The van der Waals surface area contributed by atoms with Crippen LogP contribution in [-0.2, 0) is 6.54 Å². The lowest BCUT2D eigenvalue weighted by Gasteiger charge is -2.24. The topological polar surface area (TPSA) is 33.3 Å². The van der Waals surface area contributed by atoms with E-state index in [1.165, 1.54) is 4.88 Å². The second-order valence-electron chi connectivity index (χ2n) is 5.33. The molecule has 0 saturated heterocycles. The summed E-state index contributed by atoms with van der Waals surface area (Å²) >= 11 is 1.73. The number of methoxy groups -OCH3 is 1. The largest absolute Gasteiger partial charge is 0.496 e. The molecule has 98 valence electrons. The normalized spacial score (nSPS) is 13.7. The summed E-state index contributed by atoms with van der Waals surface area (Å²) < 4.78 is 5.29. The van der Waals surface area contributed by atoms with Crippen molar-refractivity contribution in [1.82, 2.24) is 10.6 Å². The number of hydrogen-bond donors (Lipinski definition) is 2. The molecule has 0 saturated carbocycles. The van der Waals surface area contributed by atoms with Gasteiger partial charge in [-0.3, -0.25) is 0 Å². The van der Waals surface area contributed by atoms with Crippen LogP contribution in [0.25, 0.3) is 0 Å². The van der Waals surface area contributed by atoms with Crippen LogP contribution in [0, 0.1) is 0 Å². The first-order valence-electron chi connectivity index (χ1n) is 6.01. The van der Waals surface area contributed by atoms with Gasteiger partial charge in [-0.15, -0.1) is 11.3 Å². The molecular formula is C13H24N2OS. The Hall–Kier alpha value is -0.580. The van der Waals surface area contributed by atoms with Crippen molar-refractivity contribution < 1.29 is 4.74 Å². The van der Waals surface area contributed by atoms with Crippen molar-refractivity contribution in [1.29, 1.82) is 0 Å². The quantitative estimate of drug-likeness (QED) is 0.821. The van der Waals surface area contributed by atoms with E-state index in [0.717, 1.165) is 18.8 Å². The molecule has 1 rings (SSSR count). The highest BCUT2D eigenvalue weighted by molar-refractivity contribution is 7.10. The number of nitrogens with one attached hydrogen (secondary N) is 2. The molecule has 0 spiro atoms. The molecule has 2 N–H and O–H groups in total. The molecule has 0 radical (unpaired) electrons. The van der Waals surface area contributed by atoms with Crippen molar-refractivity contribution in [3.05, 3.63) is 16.3 Å². The first-order valence-corrected chi connectivity index (χ1v) is 6.89. The molecule has 1 unspecified atom stereocenters. The zero-order chi connectivity index (χ0) is 12.9. The molecule has 0 bridgehead atoms. The summed E-state index contributed by atoms with van der Waals surface area (Å²) in [5.74, 6) is 0.985. The molecule has 0 aromatic carbocycles. The highest BCUT2D eigenvalue weighted by Gasteiger charge is 2.11. The van der Waals surface area contributed by atoms with Crippen molar-refractivity contribution in [2.45, 2.75) is 45.8 Å². The van der Waals surface area contributed by atoms with Crippen LogP contribution >= 0.6 is 11.3 Å². The maximum absolute atomic E-state index is 5.29. The number of ether oxygens (including phenoxy) is 1. The molecule has 1 heterocycles. The van der Waals surface area contributed by atoms with Crippen LogP contribution in [0.5, 0.6) is 5.75 Å². The Morgan fingerprint density at radius 3 is 2.71 bits per heavy atom. The van der Waals surface area contributed by atoms with Gasteiger partial charge in [-0.1, -0.05) is 0 Å². The van der Waals surface area contributed by atoms with Crippen LogP contribution < -0.4 is 15.4 Å². The Labute approximate surface area is 109 Å². The third-order valence-corrected chi connectivity index (χ3v) is 3.38. The van der Waals surface area contributed by atoms with Gasteiger partial charge >= 0.3 is 0 Å². The summed E-state index contributed by atoms with van der Waals surface area (Å²) in [6.45, 7) is 10.6. The van der Waals surface area contributed by atoms with Crippen molar-refractivity contribution in [3.63, 3.8) is 0 Å².